The van der Waals surface area contributed by atoms with E-state index in [1.807, 2.05) is 12.1 Å². The van der Waals surface area contributed by atoms with Crippen LogP contribution in [0.2, 0.25) is 0 Å². The Morgan fingerprint density at radius 1 is 1.22 bits per heavy atom. The minimum atomic E-state index is -0.573. The zero-order valence-corrected chi connectivity index (χ0v) is 12.5. The lowest BCUT2D eigenvalue weighted by Crippen LogP contribution is -2.49. The van der Waals surface area contributed by atoms with Gasteiger partial charge in [-0.2, -0.15) is 0 Å². The Kier molecular flexibility index (Phi) is 4.22. The molecule has 1 amide bonds. The lowest BCUT2D eigenvalue weighted by molar-refractivity contribution is -0.130. The van der Waals surface area contributed by atoms with Gasteiger partial charge in [-0.15, -0.1) is 0 Å². The Hall–Kier alpha value is -2.90. The highest BCUT2D eigenvalue weighted by atomic mass is 16.2. The van der Waals surface area contributed by atoms with Crippen LogP contribution in [0.5, 0.6) is 0 Å². The van der Waals surface area contributed by atoms with Gasteiger partial charge >= 0.3 is 5.69 Å². The van der Waals surface area contributed by atoms with Crippen LogP contribution in [0.4, 0.5) is 5.69 Å². The summed E-state index contributed by atoms with van der Waals surface area (Å²) in [7, 11) is 0. The van der Waals surface area contributed by atoms with Crippen LogP contribution in [-0.4, -0.2) is 51.9 Å². The van der Waals surface area contributed by atoms with Crippen LogP contribution in [0.3, 0.4) is 0 Å². The normalized spacial score (nSPS) is 14.8. The maximum Gasteiger partial charge on any atom is 0.325 e. The first-order valence-electron chi connectivity index (χ1n) is 7.37. The molecule has 0 bridgehead atoms. The monoisotopic (exact) mass is 315 g/mol. The van der Waals surface area contributed by atoms with Crippen LogP contribution in [0.25, 0.3) is 0 Å². The molecule has 0 saturated carbocycles. The number of nitrogens with one attached hydrogen (secondary N) is 2. The predicted octanol–water partition coefficient (Wildman–Crippen LogP) is -0.650. The number of carbonyl (C=O) groups is 1. The Morgan fingerprint density at radius 2 is 2.00 bits per heavy atom. The number of aromatic nitrogens is 3. The SMILES string of the molecule is O=C(Cc1c[nH]c(=O)[nH]c1=O)N1CCN(c2cccnc2)CC1. The molecule has 1 aliphatic rings. The molecule has 0 atom stereocenters. The van der Waals surface area contributed by atoms with Crippen molar-refractivity contribution >= 4 is 11.6 Å². The highest BCUT2D eigenvalue weighted by Gasteiger charge is 2.22. The van der Waals surface area contributed by atoms with Crippen LogP contribution in [-0.2, 0) is 11.2 Å². The van der Waals surface area contributed by atoms with E-state index >= 15 is 0 Å². The van der Waals surface area contributed by atoms with Gasteiger partial charge in [-0.05, 0) is 12.1 Å². The molecular formula is C15H17N5O3. The molecule has 120 valence electrons. The fourth-order valence-corrected chi connectivity index (χ4v) is 2.60. The second-order valence-corrected chi connectivity index (χ2v) is 5.35. The van der Waals surface area contributed by atoms with Crippen molar-refractivity contribution in [2.45, 2.75) is 6.42 Å². The molecule has 3 heterocycles. The van der Waals surface area contributed by atoms with Gasteiger partial charge in [0.05, 0.1) is 18.3 Å². The largest absolute Gasteiger partial charge is 0.367 e. The summed E-state index contributed by atoms with van der Waals surface area (Å²) in [6, 6.07) is 3.87. The fraction of sp³-hybridized carbons (Fsp3) is 0.333. The molecule has 0 aromatic carbocycles. The smallest absolute Gasteiger partial charge is 0.325 e. The van der Waals surface area contributed by atoms with Crippen LogP contribution < -0.4 is 16.1 Å². The third-order valence-electron chi connectivity index (χ3n) is 3.88. The van der Waals surface area contributed by atoms with E-state index in [0.29, 0.717) is 13.1 Å². The molecular weight excluding hydrogens is 298 g/mol. The van der Waals surface area contributed by atoms with Crippen molar-refractivity contribution in [3.8, 4) is 0 Å². The summed E-state index contributed by atoms with van der Waals surface area (Å²) in [5.74, 6) is -0.117. The van der Waals surface area contributed by atoms with Crippen molar-refractivity contribution in [2.24, 2.45) is 0 Å². The molecule has 23 heavy (non-hydrogen) atoms. The van der Waals surface area contributed by atoms with E-state index in [2.05, 4.69) is 19.9 Å². The van der Waals surface area contributed by atoms with Crippen LogP contribution >= 0.6 is 0 Å². The van der Waals surface area contributed by atoms with E-state index in [0.717, 1.165) is 18.8 Å². The summed E-state index contributed by atoms with van der Waals surface area (Å²) in [5, 5.41) is 0. The highest BCUT2D eigenvalue weighted by molar-refractivity contribution is 5.78. The minimum absolute atomic E-state index is 0.0149. The van der Waals surface area contributed by atoms with Gasteiger partial charge in [0.25, 0.3) is 5.56 Å². The van der Waals surface area contributed by atoms with Gasteiger partial charge in [0.15, 0.2) is 0 Å². The second-order valence-electron chi connectivity index (χ2n) is 5.35. The number of amides is 1. The Balaban J connectivity index is 1.60. The summed E-state index contributed by atoms with van der Waals surface area (Å²) in [5.41, 5.74) is 0.216. The van der Waals surface area contributed by atoms with Gasteiger partial charge in [-0.25, -0.2) is 4.79 Å². The van der Waals surface area contributed by atoms with Gasteiger partial charge in [0.2, 0.25) is 5.91 Å². The van der Waals surface area contributed by atoms with E-state index in [1.54, 1.807) is 17.3 Å². The second kappa shape index (κ2) is 6.47. The molecule has 1 fully saturated rings. The van der Waals surface area contributed by atoms with Gasteiger partial charge < -0.3 is 14.8 Å². The van der Waals surface area contributed by atoms with Crippen molar-refractivity contribution in [2.75, 3.05) is 31.1 Å². The van der Waals surface area contributed by atoms with Gasteiger partial charge in [-0.3, -0.25) is 19.6 Å². The molecule has 8 nitrogen and oxygen atoms in total. The lowest BCUT2D eigenvalue weighted by atomic mass is 10.2. The maximum atomic E-state index is 12.3. The van der Waals surface area contributed by atoms with E-state index in [4.69, 9.17) is 0 Å². The third-order valence-corrected chi connectivity index (χ3v) is 3.88. The molecule has 0 spiro atoms. The Bertz CT molecular complexity index is 791. The average molecular weight is 315 g/mol. The molecule has 2 aromatic heterocycles. The van der Waals surface area contributed by atoms with Crippen molar-refractivity contribution in [3.05, 3.63) is 57.1 Å². The van der Waals surface area contributed by atoms with Crippen molar-refractivity contribution in [1.29, 1.82) is 0 Å². The number of nitrogens with zero attached hydrogens (tertiary/aromatic N) is 3. The first-order chi connectivity index (χ1) is 11.1. The zero-order valence-electron chi connectivity index (χ0n) is 12.5. The summed E-state index contributed by atoms with van der Waals surface area (Å²) in [6.07, 6.45) is 4.81. The molecule has 3 rings (SSSR count). The molecule has 1 aliphatic heterocycles. The standard InChI is InChI=1S/C15H17N5O3/c21-13(8-11-9-17-15(23)18-14(11)22)20-6-4-19(5-7-20)12-2-1-3-16-10-12/h1-3,9-10H,4-8H2,(H2,17,18,22,23). The first-order valence-corrected chi connectivity index (χ1v) is 7.37. The molecule has 2 aromatic rings. The lowest BCUT2D eigenvalue weighted by Gasteiger charge is -2.36. The number of hydrogen-bond donors (Lipinski definition) is 2. The topological polar surface area (TPSA) is 102 Å². The number of pyridine rings is 1. The molecule has 2 N–H and O–H groups in total. The molecule has 8 heteroatoms. The molecule has 0 aliphatic carbocycles. The quantitative estimate of drug-likeness (QED) is 0.783. The number of anilines is 1. The van der Waals surface area contributed by atoms with E-state index in [1.165, 1.54) is 6.20 Å². The number of piperazine rings is 1. The molecule has 0 unspecified atom stereocenters. The summed E-state index contributed by atoms with van der Waals surface area (Å²) < 4.78 is 0. The number of aromatic amines is 2. The van der Waals surface area contributed by atoms with E-state index in [-0.39, 0.29) is 17.9 Å². The number of carbonyl (C=O) groups excluding carboxylic acids is 1. The van der Waals surface area contributed by atoms with Crippen LogP contribution in [0, 0.1) is 0 Å². The third kappa shape index (κ3) is 3.47. The molecule has 0 radical (unpaired) electrons. The van der Waals surface area contributed by atoms with Crippen LogP contribution in [0.15, 0.2) is 40.3 Å². The van der Waals surface area contributed by atoms with Crippen molar-refractivity contribution in [1.82, 2.24) is 19.9 Å². The highest BCUT2D eigenvalue weighted by Crippen LogP contribution is 2.14. The summed E-state index contributed by atoms with van der Waals surface area (Å²) >= 11 is 0. The maximum absolute atomic E-state index is 12.3. The summed E-state index contributed by atoms with van der Waals surface area (Å²) in [6.45, 7) is 2.63. The van der Waals surface area contributed by atoms with Gasteiger partial charge in [-0.1, -0.05) is 0 Å². The van der Waals surface area contributed by atoms with Crippen LogP contribution in [0.1, 0.15) is 5.56 Å². The molecule has 1 saturated heterocycles. The van der Waals surface area contributed by atoms with Gasteiger partial charge in [0.1, 0.15) is 0 Å². The van der Waals surface area contributed by atoms with E-state index in [9.17, 15) is 14.4 Å². The minimum Gasteiger partial charge on any atom is -0.367 e. The summed E-state index contributed by atoms with van der Waals surface area (Å²) in [4.78, 5) is 47.4. The number of hydrogen-bond acceptors (Lipinski definition) is 5. The fourth-order valence-electron chi connectivity index (χ4n) is 2.60. The average Bonchev–Trinajstić information content (AvgIpc) is 2.58. The predicted molar refractivity (Wildman–Crippen MR) is 84.4 cm³/mol. The van der Waals surface area contributed by atoms with Crippen molar-refractivity contribution < 1.29 is 4.79 Å². The number of H-pyrrole nitrogens is 2. The Labute approximate surface area is 131 Å². The number of rotatable bonds is 3. The zero-order chi connectivity index (χ0) is 16.2. The van der Waals surface area contributed by atoms with Gasteiger partial charge in [0, 0.05) is 44.1 Å². The van der Waals surface area contributed by atoms with Crippen molar-refractivity contribution in [3.63, 3.8) is 0 Å². The Morgan fingerprint density at radius 3 is 2.65 bits per heavy atom. The first kappa shape index (κ1) is 15.0. The van der Waals surface area contributed by atoms with E-state index < -0.39 is 11.2 Å².